The Kier molecular flexibility index (Phi) is 8.38. The van der Waals surface area contributed by atoms with E-state index in [1.165, 1.54) is 37.4 Å². The smallest absolute Gasteiger partial charge is 0.317 e. The summed E-state index contributed by atoms with van der Waals surface area (Å²) in [5, 5.41) is 11.4. The van der Waals surface area contributed by atoms with Crippen molar-refractivity contribution >= 4 is 17.8 Å². The van der Waals surface area contributed by atoms with Crippen LogP contribution in [0.15, 0.2) is 24.5 Å². The molecule has 11 nitrogen and oxygen atoms in total. The second-order valence-corrected chi connectivity index (χ2v) is 13.7. The van der Waals surface area contributed by atoms with Crippen LogP contribution in [0.5, 0.6) is 11.6 Å². The molecule has 0 atom stereocenters. The Morgan fingerprint density at radius 1 is 1.16 bits per heavy atom. The molecule has 1 aromatic carbocycles. The zero-order valence-corrected chi connectivity index (χ0v) is 26.4. The van der Waals surface area contributed by atoms with Gasteiger partial charge >= 0.3 is 6.03 Å². The van der Waals surface area contributed by atoms with Gasteiger partial charge in [-0.2, -0.15) is 0 Å². The predicted molar refractivity (Wildman–Crippen MR) is 164 cm³/mol. The van der Waals surface area contributed by atoms with Gasteiger partial charge in [-0.25, -0.2) is 14.2 Å². The molecule has 1 N–H and O–H groups in total. The van der Waals surface area contributed by atoms with Gasteiger partial charge in [0.25, 0.3) is 11.8 Å². The fourth-order valence-corrected chi connectivity index (χ4v) is 7.69. The third-order valence-corrected chi connectivity index (χ3v) is 10.3. The van der Waals surface area contributed by atoms with E-state index >= 15 is 0 Å². The van der Waals surface area contributed by atoms with E-state index in [1.54, 1.807) is 4.90 Å². The third-order valence-electron chi connectivity index (χ3n) is 10.3. The molecule has 4 fully saturated rings. The van der Waals surface area contributed by atoms with Gasteiger partial charge in [-0.15, -0.1) is 10.2 Å². The highest BCUT2D eigenvalue weighted by Crippen LogP contribution is 2.45. The second-order valence-electron chi connectivity index (χ2n) is 13.7. The molecule has 0 radical (unpaired) electrons. The number of benzene rings is 1. The molecule has 238 valence electrons. The van der Waals surface area contributed by atoms with Crippen LogP contribution in [0.4, 0.5) is 15.0 Å². The van der Waals surface area contributed by atoms with Gasteiger partial charge < -0.3 is 29.7 Å². The standard InChI is InChI=1S/C32H45FN8O3/c1-5-41(22(2)3)29(42)25-16-24(33)6-7-26(25)44-28-27(34-21-35-37-28)40-18-31(19-40)12-14-39(15-13-31)17-23-8-10-32(11-9-23)20-38(4)30(43)36-32/h6-7,16,21-23H,5,8-15,17-20H2,1-4H3,(H,36,43)/t23-,32+. The molecule has 12 heteroatoms. The quantitative estimate of drug-likeness (QED) is 0.476. The van der Waals surface area contributed by atoms with E-state index in [2.05, 4.69) is 30.3 Å². The van der Waals surface area contributed by atoms with Crippen molar-refractivity contribution in [1.82, 2.24) is 35.2 Å². The van der Waals surface area contributed by atoms with Crippen molar-refractivity contribution in [3.63, 3.8) is 0 Å². The van der Waals surface area contributed by atoms with Crippen LogP contribution >= 0.6 is 0 Å². The number of piperidine rings is 1. The van der Waals surface area contributed by atoms with Crippen LogP contribution in [0, 0.1) is 17.2 Å². The third kappa shape index (κ3) is 6.05. The summed E-state index contributed by atoms with van der Waals surface area (Å²) in [6.07, 6.45) is 8.15. The zero-order chi connectivity index (χ0) is 31.1. The molecule has 44 heavy (non-hydrogen) atoms. The maximum atomic E-state index is 14.2. The normalized spacial score (nSPS) is 25.0. The fraction of sp³-hybridized carbons (Fsp3) is 0.656. The van der Waals surface area contributed by atoms with E-state index in [0.29, 0.717) is 18.3 Å². The summed E-state index contributed by atoms with van der Waals surface area (Å²) in [4.78, 5) is 38.1. The van der Waals surface area contributed by atoms with Crippen LogP contribution in [0.1, 0.15) is 69.7 Å². The van der Waals surface area contributed by atoms with Gasteiger partial charge in [0.1, 0.15) is 17.9 Å². The number of amides is 3. The zero-order valence-electron chi connectivity index (χ0n) is 26.4. The number of rotatable bonds is 8. The molecule has 4 heterocycles. The number of carbonyl (C=O) groups excluding carboxylic acids is 2. The van der Waals surface area contributed by atoms with Crippen molar-refractivity contribution in [3.05, 3.63) is 35.9 Å². The number of nitrogens with zero attached hydrogens (tertiary/aromatic N) is 7. The van der Waals surface area contributed by atoms with Crippen molar-refractivity contribution in [1.29, 1.82) is 0 Å². The molecule has 4 aliphatic rings. The van der Waals surface area contributed by atoms with Crippen LogP contribution in [0.3, 0.4) is 0 Å². The number of halogens is 1. The Hall–Kier alpha value is -3.54. The van der Waals surface area contributed by atoms with E-state index in [1.807, 2.05) is 32.7 Å². The minimum Gasteiger partial charge on any atom is -0.434 e. The largest absolute Gasteiger partial charge is 0.434 e. The van der Waals surface area contributed by atoms with Crippen molar-refractivity contribution in [3.8, 4) is 11.6 Å². The number of hydrogen-bond acceptors (Lipinski definition) is 8. The number of carbonyl (C=O) groups is 2. The minimum absolute atomic E-state index is 0.0141. The Balaban J connectivity index is 1.04. The summed E-state index contributed by atoms with van der Waals surface area (Å²) >= 11 is 0. The first-order chi connectivity index (χ1) is 21.1. The SMILES string of the molecule is CCN(C(=O)c1cc(F)ccc1Oc1nncnc1N1CC2(CCN(C[C@H]3CC[C@@]4(CC3)CN(C)C(=O)N4)CC2)C1)C(C)C. The first-order valence-corrected chi connectivity index (χ1v) is 16.1. The number of ether oxygens (including phenoxy) is 1. The molecular formula is C32H45FN8O3. The Labute approximate surface area is 259 Å². The average molecular weight is 609 g/mol. The van der Waals surface area contributed by atoms with E-state index in [9.17, 15) is 14.0 Å². The summed E-state index contributed by atoms with van der Waals surface area (Å²) in [6.45, 7) is 12.1. The van der Waals surface area contributed by atoms with Gasteiger partial charge in [0.05, 0.1) is 11.1 Å². The number of likely N-dealkylation sites (N-methyl/N-ethyl adjacent to an activating group) is 1. The number of urea groups is 1. The Bertz CT molecular complexity index is 1370. The molecule has 3 amide bonds. The number of hydrogen-bond donors (Lipinski definition) is 1. The molecule has 0 unspecified atom stereocenters. The minimum atomic E-state index is -0.503. The summed E-state index contributed by atoms with van der Waals surface area (Å²) in [5.74, 6) is 0.932. The van der Waals surface area contributed by atoms with Gasteiger partial charge in [0.2, 0.25) is 0 Å². The number of aromatic nitrogens is 3. The maximum absolute atomic E-state index is 14.2. The highest BCUT2D eigenvalue weighted by atomic mass is 19.1. The Morgan fingerprint density at radius 2 is 1.89 bits per heavy atom. The maximum Gasteiger partial charge on any atom is 0.317 e. The number of nitrogens with one attached hydrogen (secondary N) is 1. The van der Waals surface area contributed by atoms with Crippen LogP contribution in [0.2, 0.25) is 0 Å². The molecule has 3 aliphatic heterocycles. The molecular weight excluding hydrogens is 563 g/mol. The summed E-state index contributed by atoms with van der Waals surface area (Å²) in [7, 11) is 1.88. The summed E-state index contributed by atoms with van der Waals surface area (Å²) in [6, 6.07) is 3.99. The highest BCUT2D eigenvalue weighted by Gasteiger charge is 2.47. The van der Waals surface area contributed by atoms with Crippen molar-refractivity contribution in [2.24, 2.45) is 11.3 Å². The lowest BCUT2D eigenvalue weighted by Crippen LogP contribution is -2.61. The molecule has 1 aliphatic carbocycles. The van der Waals surface area contributed by atoms with Crippen LogP contribution in [0.25, 0.3) is 0 Å². The lowest BCUT2D eigenvalue weighted by atomic mass is 9.71. The molecule has 6 rings (SSSR count). The van der Waals surface area contributed by atoms with E-state index in [0.717, 1.165) is 65.0 Å². The Morgan fingerprint density at radius 3 is 2.52 bits per heavy atom. The van der Waals surface area contributed by atoms with Gasteiger partial charge in [0, 0.05) is 51.2 Å². The number of anilines is 1. The number of likely N-dealkylation sites (tertiary alicyclic amines) is 1. The van der Waals surface area contributed by atoms with Gasteiger partial charge in [-0.05, 0) is 96.5 Å². The van der Waals surface area contributed by atoms with E-state index in [4.69, 9.17) is 4.74 Å². The molecule has 2 aromatic rings. The van der Waals surface area contributed by atoms with Crippen molar-refractivity contribution < 1.29 is 18.7 Å². The first kappa shape index (κ1) is 30.5. The van der Waals surface area contributed by atoms with Crippen molar-refractivity contribution in [2.45, 2.75) is 70.9 Å². The second kappa shape index (κ2) is 12.1. The molecule has 1 aromatic heterocycles. The summed E-state index contributed by atoms with van der Waals surface area (Å²) < 4.78 is 20.4. The fourth-order valence-electron chi connectivity index (χ4n) is 7.69. The average Bonchev–Trinajstić information content (AvgIpc) is 3.27. The van der Waals surface area contributed by atoms with Gasteiger partial charge in [-0.1, -0.05) is 0 Å². The first-order valence-electron chi connectivity index (χ1n) is 16.1. The van der Waals surface area contributed by atoms with E-state index < -0.39 is 5.82 Å². The molecule has 2 spiro atoms. The van der Waals surface area contributed by atoms with Crippen LogP contribution < -0.4 is 15.0 Å². The van der Waals surface area contributed by atoms with Crippen LogP contribution in [-0.4, -0.2) is 106 Å². The topological polar surface area (TPSA) is 107 Å². The van der Waals surface area contributed by atoms with Crippen LogP contribution in [-0.2, 0) is 0 Å². The van der Waals surface area contributed by atoms with Gasteiger partial charge in [0.15, 0.2) is 5.82 Å². The summed E-state index contributed by atoms with van der Waals surface area (Å²) in [5.41, 5.74) is 0.377. The lowest BCUT2D eigenvalue weighted by Gasteiger charge is -2.54. The molecule has 3 saturated heterocycles. The highest BCUT2D eigenvalue weighted by molar-refractivity contribution is 5.97. The molecule has 1 saturated carbocycles. The molecule has 0 bridgehead atoms. The monoisotopic (exact) mass is 608 g/mol. The predicted octanol–water partition coefficient (Wildman–Crippen LogP) is 4.16. The van der Waals surface area contributed by atoms with Gasteiger partial charge in [-0.3, -0.25) is 4.79 Å². The van der Waals surface area contributed by atoms with Crippen molar-refractivity contribution in [2.75, 3.05) is 57.8 Å². The lowest BCUT2D eigenvalue weighted by molar-refractivity contribution is 0.0584. The van der Waals surface area contributed by atoms with E-state index in [-0.39, 0.29) is 46.1 Å².